The highest BCUT2D eigenvalue weighted by atomic mass is 35.5. The number of aryl methyl sites for hydroxylation is 1. The van der Waals surface area contributed by atoms with E-state index in [1.807, 2.05) is 31.2 Å². The quantitative estimate of drug-likeness (QED) is 0.911. The van der Waals surface area contributed by atoms with Crippen molar-refractivity contribution in [1.29, 1.82) is 0 Å². The van der Waals surface area contributed by atoms with Crippen molar-refractivity contribution < 1.29 is 0 Å². The van der Waals surface area contributed by atoms with Crippen molar-refractivity contribution in [3.63, 3.8) is 0 Å². The third-order valence-electron chi connectivity index (χ3n) is 2.31. The molecule has 0 amide bonds. The monoisotopic (exact) mass is 252 g/mol. The first-order valence-corrected chi connectivity index (χ1v) is 6.32. The standard InChI is InChI=1S/C12H13ClN2S/c1-8-12(16-11(15-8)6-7-14)9-2-4-10(13)5-3-9/h2-5H,6-7,14H2,1H3. The molecule has 84 valence electrons. The summed E-state index contributed by atoms with van der Waals surface area (Å²) < 4.78 is 0. The Kier molecular flexibility index (Phi) is 3.59. The minimum Gasteiger partial charge on any atom is -0.330 e. The summed E-state index contributed by atoms with van der Waals surface area (Å²) >= 11 is 7.57. The molecule has 2 N–H and O–H groups in total. The number of hydrogen-bond acceptors (Lipinski definition) is 3. The van der Waals surface area contributed by atoms with Crippen LogP contribution in [0.3, 0.4) is 0 Å². The maximum Gasteiger partial charge on any atom is 0.0947 e. The molecule has 0 atom stereocenters. The summed E-state index contributed by atoms with van der Waals surface area (Å²) in [5.74, 6) is 0. The molecule has 1 heterocycles. The second-order valence-corrected chi connectivity index (χ2v) is 5.09. The number of nitrogens with zero attached hydrogens (tertiary/aromatic N) is 1. The van der Waals surface area contributed by atoms with Crippen LogP contribution in [0.1, 0.15) is 10.7 Å². The molecule has 2 aromatic rings. The zero-order valence-corrected chi connectivity index (χ0v) is 10.6. The predicted molar refractivity (Wildman–Crippen MR) is 70.1 cm³/mol. The molecule has 0 saturated carbocycles. The Balaban J connectivity index is 2.36. The highest BCUT2D eigenvalue weighted by molar-refractivity contribution is 7.15. The molecule has 0 radical (unpaired) electrons. The lowest BCUT2D eigenvalue weighted by Crippen LogP contribution is -2.01. The molecule has 16 heavy (non-hydrogen) atoms. The third-order valence-corrected chi connectivity index (χ3v) is 3.82. The highest BCUT2D eigenvalue weighted by Gasteiger charge is 2.08. The summed E-state index contributed by atoms with van der Waals surface area (Å²) in [6, 6.07) is 7.85. The first-order chi connectivity index (χ1) is 7.70. The molecule has 4 heteroatoms. The van der Waals surface area contributed by atoms with Crippen molar-refractivity contribution >= 4 is 22.9 Å². The number of nitrogens with two attached hydrogens (primary N) is 1. The molecule has 0 spiro atoms. The third kappa shape index (κ3) is 2.43. The van der Waals surface area contributed by atoms with E-state index in [2.05, 4.69) is 4.98 Å². The average Bonchev–Trinajstić information content (AvgIpc) is 2.61. The Hall–Kier alpha value is -0.900. The van der Waals surface area contributed by atoms with Crippen LogP contribution in [0.2, 0.25) is 5.02 Å². The molecule has 0 fully saturated rings. The van der Waals surface area contributed by atoms with E-state index in [0.29, 0.717) is 6.54 Å². The van der Waals surface area contributed by atoms with E-state index in [0.717, 1.165) is 22.1 Å². The lowest BCUT2D eigenvalue weighted by molar-refractivity contribution is 0.946. The van der Waals surface area contributed by atoms with Gasteiger partial charge in [-0.25, -0.2) is 4.98 Å². The van der Waals surface area contributed by atoms with Gasteiger partial charge in [0.2, 0.25) is 0 Å². The lowest BCUT2D eigenvalue weighted by Gasteiger charge is -1.98. The number of halogens is 1. The Labute approximate surface area is 104 Å². The molecular weight excluding hydrogens is 240 g/mol. The van der Waals surface area contributed by atoms with Crippen LogP contribution in [0.15, 0.2) is 24.3 Å². The van der Waals surface area contributed by atoms with Crippen LogP contribution in [-0.4, -0.2) is 11.5 Å². The average molecular weight is 253 g/mol. The maximum atomic E-state index is 5.87. The molecule has 0 saturated heterocycles. The molecule has 0 bridgehead atoms. The van der Waals surface area contributed by atoms with Gasteiger partial charge in [0.15, 0.2) is 0 Å². The largest absolute Gasteiger partial charge is 0.330 e. The number of rotatable bonds is 3. The van der Waals surface area contributed by atoms with E-state index in [1.165, 1.54) is 10.4 Å². The molecule has 0 unspecified atom stereocenters. The molecule has 0 aliphatic heterocycles. The van der Waals surface area contributed by atoms with Gasteiger partial charge in [0.1, 0.15) is 0 Å². The van der Waals surface area contributed by atoms with Crippen molar-refractivity contribution in [3.8, 4) is 10.4 Å². The van der Waals surface area contributed by atoms with Crippen molar-refractivity contribution in [1.82, 2.24) is 4.98 Å². The van der Waals surface area contributed by atoms with Crippen LogP contribution in [0.4, 0.5) is 0 Å². The van der Waals surface area contributed by atoms with E-state index in [-0.39, 0.29) is 0 Å². The van der Waals surface area contributed by atoms with Gasteiger partial charge >= 0.3 is 0 Å². The summed E-state index contributed by atoms with van der Waals surface area (Å²) in [7, 11) is 0. The fourth-order valence-corrected chi connectivity index (χ4v) is 2.76. The van der Waals surface area contributed by atoms with Crippen molar-refractivity contribution in [2.75, 3.05) is 6.54 Å². The molecule has 0 aliphatic rings. The van der Waals surface area contributed by atoms with Crippen molar-refractivity contribution in [2.45, 2.75) is 13.3 Å². The molecule has 0 aliphatic carbocycles. The van der Waals surface area contributed by atoms with Gasteiger partial charge < -0.3 is 5.73 Å². The summed E-state index contributed by atoms with van der Waals surface area (Å²) in [6.45, 7) is 2.67. The lowest BCUT2D eigenvalue weighted by atomic mass is 10.2. The number of benzene rings is 1. The fourth-order valence-electron chi connectivity index (χ4n) is 1.55. The van der Waals surface area contributed by atoms with Crippen molar-refractivity contribution in [3.05, 3.63) is 40.0 Å². The number of hydrogen-bond donors (Lipinski definition) is 1. The molecular formula is C12H13ClN2S. The molecule has 1 aromatic carbocycles. The van der Waals surface area contributed by atoms with Gasteiger partial charge in [-0.05, 0) is 31.2 Å². The molecule has 2 rings (SSSR count). The van der Waals surface area contributed by atoms with Gasteiger partial charge in [-0.2, -0.15) is 0 Å². The van der Waals surface area contributed by atoms with Crippen LogP contribution in [0.25, 0.3) is 10.4 Å². The second-order valence-electron chi connectivity index (χ2n) is 3.57. The maximum absolute atomic E-state index is 5.87. The zero-order valence-electron chi connectivity index (χ0n) is 9.03. The van der Waals surface area contributed by atoms with Gasteiger partial charge in [0.25, 0.3) is 0 Å². The summed E-state index contributed by atoms with van der Waals surface area (Å²) in [6.07, 6.45) is 0.846. The van der Waals surface area contributed by atoms with E-state index in [1.54, 1.807) is 11.3 Å². The number of thiazole rings is 1. The van der Waals surface area contributed by atoms with Gasteiger partial charge in [-0.1, -0.05) is 23.7 Å². The van der Waals surface area contributed by atoms with Crippen LogP contribution < -0.4 is 5.73 Å². The Morgan fingerprint density at radius 1 is 1.31 bits per heavy atom. The van der Waals surface area contributed by atoms with E-state index in [4.69, 9.17) is 17.3 Å². The molecule has 2 nitrogen and oxygen atoms in total. The van der Waals surface area contributed by atoms with Crippen LogP contribution in [0, 0.1) is 6.92 Å². The van der Waals surface area contributed by atoms with E-state index >= 15 is 0 Å². The molecule has 1 aromatic heterocycles. The Bertz CT molecular complexity index is 476. The van der Waals surface area contributed by atoms with Gasteiger partial charge in [-0.15, -0.1) is 11.3 Å². The first kappa shape index (κ1) is 11.6. The van der Waals surface area contributed by atoms with E-state index in [9.17, 15) is 0 Å². The summed E-state index contributed by atoms with van der Waals surface area (Å²) in [4.78, 5) is 5.71. The fraction of sp³-hybridized carbons (Fsp3) is 0.250. The second kappa shape index (κ2) is 4.95. The van der Waals surface area contributed by atoms with Gasteiger partial charge in [0, 0.05) is 11.4 Å². The normalized spacial score (nSPS) is 10.7. The minimum atomic E-state index is 0.646. The Morgan fingerprint density at radius 2 is 2.00 bits per heavy atom. The number of aromatic nitrogens is 1. The smallest absolute Gasteiger partial charge is 0.0947 e. The van der Waals surface area contributed by atoms with Gasteiger partial charge in [0.05, 0.1) is 15.6 Å². The highest BCUT2D eigenvalue weighted by Crippen LogP contribution is 2.30. The topological polar surface area (TPSA) is 38.9 Å². The Morgan fingerprint density at radius 3 is 2.62 bits per heavy atom. The van der Waals surface area contributed by atoms with Crippen LogP contribution in [0.5, 0.6) is 0 Å². The minimum absolute atomic E-state index is 0.646. The van der Waals surface area contributed by atoms with Gasteiger partial charge in [-0.3, -0.25) is 0 Å². The zero-order chi connectivity index (χ0) is 11.5. The summed E-state index contributed by atoms with van der Waals surface area (Å²) in [5, 5.41) is 1.86. The first-order valence-electron chi connectivity index (χ1n) is 5.13. The van der Waals surface area contributed by atoms with Crippen LogP contribution >= 0.6 is 22.9 Å². The van der Waals surface area contributed by atoms with E-state index < -0.39 is 0 Å². The summed E-state index contributed by atoms with van der Waals surface area (Å²) in [5.41, 5.74) is 7.76. The predicted octanol–water partition coefficient (Wildman–Crippen LogP) is 3.27. The van der Waals surface area contributed by atoms with Crippen molar-refractivity contribution in [2.24, 2.45) is 5.73 Å². The SMILES string of the molecule is Cc1nc(CCN)sc1-c1ccc(Cl)cc1. The van der Waals surface area contributed by atoms with Crippen LogP contribution in [-0.2, 0) is 6.42 Å².